The second-order valence-electron chi connectivity index (χ2n) is 6.76. The molecule has 0 amide bonds. The molecule has 3 rings (SSSR count). The SMILES string of the molecule is CCCCC1CCC(c2nc(CNC)c3ccccn23)CC1. The van der Waals surface area contributed by atoms with Crippen LogP contribution >= 0.6 is 0 Å². The predicted molar refractivity (Wildman–Crippen MR) is 92.2 cm³/mol. The Kier molecular flexibility index (Phi) is 5.14. The summed E-state index contributed by atoms with van der Waals surface area (Å²) < 4.78 is 2.32. The van der Waals surface area contributed by atoms with Crippen LogP contribution in [0.1, 0.15) is 69.3 Å². The van der Waals surface area contributed by atoms with E-state index in [9.17, 15) is 0 Å². The average molecular weight is 299 g/mol. The van der Waals surface area contributed by atoms with E-state index in [-0.39, 0.29) is 0 Å². The zero-order chi connectivity index (χ0) is 15.4. The molecule has 1 aliphatic rings. The molecule has 3 nitrogen and oxygen atoms in total. The first kappa shape index (κ1) is 15.5. The lowest BCUT2D eigenvalue weighted by Crippen LogP contribution is -2.15. The Morgan fingerprint density at radius 3 is 2.77 bits per heavy atom. The second-order valence-corrected chi connectivity index (χ2v) is 6.76. The van der Waals surface area contributed by atoms with Crippen molar-refractivity contribution in [2.45, 2.75) is 64.3 Å². The normalized spacial score (nSPS) is 22.3. The van der Waals surface area contributed by atoms with Crippen molar-refractivity contribution in [1.82, 2.24) is 14.7 Å². The van der Waals surface area contributed by atoms with Gasteiger partial charge in [0, 0.05) is 18.7 Å². The van der Waals surface area contributed by atoms with E-state index in [1.807, 2.05) is 7.05 Å². The summed E-state index contributed by atoms with van der Waals surface area (Å²) in [6.07, 6.45) is 11.7. The first-order valence-corrected chi connectivity index (χ1v) is 8.94. The van der Waals surface area contributed by atoms with Crippen LogP contribution in [-0.2, 0) is 6.54 Å². The summed E-state index contributed by atoms with van der Waals surface area (Å²) in [5, 5.41) is 3.25. The highest BCUT2D eigenvalue weighted by Crippen LogP contribution is 2.37. The van der Waals surface area contributed by atoms with E-state index in [0.717, 1.165) is 12.5 Å². The van der Waals surface area contributed by atoms with Gasteiger partial charge in [-0.05, 0) is 50.8 Å². The summed E-state index contributed by atoms with van der Waals surface area (Å²) in [7, 11) is 1.99. The molecule has 0 unspecified atom stereocenters. The van der Waals surface area contributed by atoms with Gasteiger partial charge in [0.1, 0.15) is 5.82 Å². The maximum atomic E-state index is 4.99. The number of nitrogens with zero attached hydrogens (tertiary/aromatic N) is 2. The lowest BCUT2D eigenvalue weighted by molar-refractivity contribution is 0.298. The number of imidazole rings is 1. The van der Waals surface area contributed by atoms with Gasteiger partial charge in [-0.15, -0.1) is 0 Å². The molecule has 2 aromatic heterocycles. The molecule has 0 radical (unpaired) electrons. The minimum absolute atomic E-state index is 0.637. The van der Waals surface area contributed by atoms with Gasteiger partial charge in [0.05, 0.1) is 11.2 Å². The molecule has 2 heterocycles. The number of nitrogens with one attached hydrogen (secondary N) is 1. The predicted octanol–water partition coefficient (Wildman–Crippen LogP) is 4.52. The number of unbranched alkanes of at least 4 members (excludes halogenated alkanes) is 1. The fraction of sp³-hybridized carbons (Fsp3) is 0.632. The van der Waals surface area contributed by atoms with Crippen LogP contribution in [0.2, 0.25) is 0 Å². The molecule has 0 spiro atoms. The van der Waals surface area contributed by atoms with Gasteiger partial charge in [-0.3, -0.25) is 0 Å². The van der Waals surface area contributed by atoms with Gasteiger partial charge in [-0.1, -0.05) is 32.3 Å². The molecule has 22 heavy (non-hydrogen) atoms. The van der Waals surface area contributed by atoms with Gasteiger partial charge in [0.15, 0.2) is 0 Å². The number of pyridine rings is 1. The standard InChI is InChI=1S/C19H29N3/c1-3-4-7-15-9-11-16(12-10-15)19-21-17(14-20-2)18-8-5-6-13-22(18)19/h5-6,8,13,15-16,20H,3-4,7,9-12,14H2,1-2H3. The molecule has 0 aliphatic heterocycles. The molecule has 0 aromatic carbocycles. The third kappa shape index (κ3) is 3.19. The van der Waals surface area contributed by atoms with Crippen molar-refractivity contribution in [3.63, 3.8) is 0 Å². The first-order valence-electron chi connectivity index (χ1n) is 8.94. The van der Waals surface area contributed by atoms with Gasteiger partial charge >= 0.3 is 0 Å². The van der Waals surface area contributed by atoms with Crippen LogP contribution in [-0.4, -0.2) is 16.4 Å². The van der Waals surface area contributed by atoms with Gasteiger partial charge in [-0.2, -0.15) is 0 Å². The summed E-state index contributed by atoms with van der Waals surface area (Å²) in [5.74, 6) is 2.88. The highest BCUT2D eigenvalue weighted by atomic mass is 15.0. The fourth-order valence-corrected chi connectivity index (χ4v) is 3.92. The molecular formula is C19H29N3. The average Bonchev–Trinajstić information content (AvgIpc) is 2.93. The second kappa shape index (κ2) is 7.28. The smallest absolute Gasteiger partial charge is 0.116 e. The van der Waals surface area contributed by atoms with Crippen LogP contribution in [0.4, 0.5) is 0 Å². The highest BCUT2D eigenvalue weighted by molar-refractivity contribution is 5.53. The molecule has 0 bridgehead atoms. The number of fused-ring (bicyclic) bond motifs is 1. The minimum Gasteiger partial charge on any atom is -0.314 e. The minimum atomic E-state index is 0.637. The fourth-order valence-electron chi connectivity index (χ4n) is 3.92. The molecule has 0 saturated heterocycles. The van der Waals surface area contributed by atoms with E-state index >= 15 is 0 Å². The molecule has 1 saturated carbocycles. The summed E-state index contributed by atoms with van der Waals surface area (Å²) in [5.41, 5.74) is 2.45. The highest BCUT2D eigenvalue weighted by Gasteiger charge is 2.25. The first-order chi connectivity index (χ1) is 10.8. The Balaban J connectivity index is 1.77. The molecule has 1 N–H and O–H groups in total. The maximum absolute atomic E-state index is 4.99. The third-order valence-electron chi connectivity index (χ3n) is 5.17. The molecule has 120 valence electrons. The van der Waals surface area contributed by atoms with Crippen molar-refractivity contribution < 1.29 is 0 Å². The molecule has 2 aromatic rings. The van der Waals surface area contributed by atoms with Crippen molar-refractivity contribution in [3.8, 4) is 0 Å². The summed E-state index contributed by atoms with van der Waals surface area (Å²) in [6.45, 7) is 3.14. The lowest BCUT2D eigenvalue weighted by Gasteiger charge is -2.27. The number of hydrogen-bond donors (Lipinski definition) is 1. The summed E-state index contributed by atoms with van der Waals surface area (Å²) >= 11 is 0. The molecule has 1 aliphatic carbocycles. The number of hydrogen-bond acceptors (Lipinski definition) is 2. The quantitative estimate of drug-likeness (QED) is 0.850. The van der Waals surface area contributed by atoms with Gasteiger partial charge in [0.2, 0.25) is 0 Å². The number of aromatic nitrogens is 2. The van der Waals surface area contributed by atoms with E-state index in [2.05, 4.69) is 41.0 Å². The van der Waals surface area contributed by atoms with Crippen molar-refractivity contribution in [3.05, 3.63) is 35.9 Å². The number of rotatable bonds is 6. The lowest BCUT2D eigenvalue weighted by atomic mass is 9.79. The topological polar surface area (TPSA) is 29.3 Å². The van der Waals surface area contributed by atoms with Crippen LogP contribution in [0.3, 0.4) is 0 Å². The van der Waals surface area contributed by atoms with Crippen molar-refractivity contribution in [2.24, 2.45) is 5.92 Å². The van der Waals surface area contributed by atoms with Crippen LogP contribution in [0.15, 0.2) is 24.4 Å². The van der Waals surface area contributed by atoms with Crippen LogP contribution in [0, 0.1) is 5.92 Å². The Hall–Kier alpha value is -1.35. The molecular weight excluding hydrogens is 270 g/mol. The van der Waals surface area contributed by atoms with E-state index < -0.39 is 0 Å². The Morgan fingerprint density at radius 1 is 1.23 bits per heavy atom. The zero-order valence-electron chi connectivity index (χ0n) is 14.0. The van der Waals surface area contributed by atoms with Gasteiger partial charge in [-0.25, -0.2) is 4.98 Å². The van der Waals surface area contributed by atoms with Crippen molar-refractivity contribution in [2.75, 3.05) is 7.05 Å². The van der Waals surface area contributed by atoms with E-state index in [4.69, 9.17) is 4.98 Å². The van der Waals surface area contributed by atoms with Crippen molar-refractivity contribution >= 4 is 5.52 Å². The van der Waals surface area contributed by atoms with Crippen molar-refractivity contribution in [1.29, 1.82) is 0 Å². The summed E-state index contributed by atoms with van der Waals surface area (Å²) in [4.78, 5) is 4.99. The Bertz CT molecular complexity index is 594. The van der Waals surface area contributed by atoms with Gasteiger partial charge in [0.25, 0.3) is 0 Å². The van der Waals surface area contributed by atoms with E-state index in [1.54, 1.807) is 0 Å². The van der Waals surface area contributed by atoms with Crippen LogP contribution in [0.25, 0.3) is 5.52 Å². The Morgan fingerprint density at radius 2 is 2.05 bits per heavy atom. The van der Waals surface area contributed by atoms with Gasteiger partial charge < -0.3 is 9.72 Å². The van der Waals surface area contributed by atoms with E-state index in [1.165, 1.54) is 62.0 Å². The third-order valence-corrected chi connectivity index (χ3v) is 5.17. The maximum Gasteiger partial charge on any atom is 0.116 e. The van der Waals surface area contributed by atoms with Crippen LogP contribution < -0.4 is 5.32 Å². The zero-order valence-corrected chi connectivity index (χ0v) is 14.0. The summed E-state index contributed by atoms with van der Waals surface area (Å²) in [6, 6.07) is 6.42. The van der Waals surface area contributed by atoms with E-state index in [0.29, 0.717) is 5.92 Å². The molecule has 0 atom stereocenters. The monoisotopic (exact) mass is 299 g/mol. The molecule has 3 heteroatoms. The largest absolute Gasteiger partial charge is 0.314 e. The molecule has 1 fully saturated rings. The Labute approximate surface area is 134 Å². The van der Waals surface area contributed by atoms with Crippen LogP contribution in [0.5, 0.6) is 0 Å².